The molecule has 0 spiro atoms. The van der Waals surface area contributed by atoms with Crippen LogP contribution in [-0.4, -0.2) is 40.6 Å². The number of amides is 1. The van der Waals surface area contributed by atoms with Crippen LogP contribution in [0.1, 0.15) is 48.8 Å². The molecule has 3 rings (SSSR count). The Hall–Kier alpha value is -1.17. The predicted molar refractivity (Wildman–Crippen MR) is 80.0 cm³/mol. The molecule has 0 aromatic carbocycles. The summed E-state index contributed by atoms with van der Waals surface area (Å²) in [6.45, 7) is 4.61. The van der Waals surface area contributed by atoms with Crippen molar-refractivity contribution in [2.45, 2.75) is 39.0 Å². The number of nitrogens with zero attached hydrogens (tertiary/aromatic N) is 3. The fourth-order valence-electron chi connectivity index (χ4n) is 3.45. The molecule has 2 aliphatic rings. The highest BCUT2D eigenvalue weighted by atomic mass is 32.1. The number of likely N-dealkylation sites (tertiary alicyclic amines) is 1. The number of rotatable bonds is 3. The molecule has 1 aliphatic carbocycles. The molecule has 0 bridgehead atoms. The Labute approximate surface area is 123 Å². The molecule has 1 amide bonds. The van der Waals surface area contributed by atoms with Crippen molar-refractivity contribution in [1.29, 1.82) is 0 Å². The number of carbonyl (C=O) groups excluding carboxylic acids is 1. The fraction of sp³-hybridized carbons (Fsp3) is 0.786. The molecule has 1 aromatic heterocycles. The molecule has 110 valence electrons. The zero-order valence-electron chi connectivity index (χ0n) is 12.0. The van der Waals surface area contributed by atoms with E-state index in [4.69, 9.17) is 0 Å². The van der Waals surface area contributed by atoms with Crippen molar-refractivity contribution >= 4 is 22.4 Å². The van der Waals surface area contributed by atoms with Gasteiger partial charge in [-0.05, 0) is 31.6 Å². The minimum absolute atomic E-state index is 0.0654. The van der Waals surface area contributed by atoms with Crippen molar-refractivity contribution in [3.8, 4) is 0 Å². The van der Waals surface area contributed by atoms with Crippen molar-refractivity contribution in [3.05, 3.63) is 5.01 Å². The smallest absolute Gasteiger partial charge is 0.284 e. The Balaban J connectivity index is 1.64. The molecule has 2 unspecified atom stereocenters. The van der Waals surface area contributed by atoms with Crippen LogP contribution in [0, 0.1) is 11.8 Å². The van der Waals surface area contributed by atoms with Crippen LogP contribution in [0.2, 0.25) is 0 Å². The van der Waals surface area contributed by atoms with Crippen molar-refractivity contribution in [3.63, 3.8) is 0 Å². The molecular formula is C14H22N4OS. The highest BCUT2D eigenvalue weighted by molar-refractivity contribution is 7.17. The summed E-state index contributed by atoms with van der Waals surface area (Å²) in [5.74, 6) is 1.62. The fourth-order valence-corrected chi connectivity index (χ4v) is 4.23. The van der Waals surface area contributed by atoms with Gasteiger partial charge in [0.1, 0.15) is 0 Å². The summed E-state index contributed by atoms with van der Waals surface area (Å²) in [5, 5.41) is 12.4. The van der Waals surface area contributed by atoms with E-state index in [1.807, 2.05) is 11.8 Å². The van der Waals surface area contributed by atoms with Gasteiger partial charge in [-0.2, -0.15) is 0 Å². The molecule has 1 saturated carbocycles. The second-order valence-corrected chi connectivity index (χ2v) is 6.76. The minimum Gasteiger partial charge on any atom is -0.360 e. The van der Waals surface area contributed by atoms with Crippen molar-refractivity contribution < 1.29 is 4.79 Å². The number of nitrogens with one attached hydrogen (secondary N) is 1. The maximum atomic E-state index is 12.5. The number of hydrogen-bond donors (Lipinski definition) is 1. The molecule has 1 aliphatic heterocycles. The van der Waals surface area contributed by atoms with Crippen LogP contribution in [0.4, 0.5) is 5.13 Å². The number of aromatic nitrogens is 2. The summed E-state index contributed by atoms with van der Waals surface area (Å²) in [5.41, 5.74) is 0. The lowest BCUT2D eigenvalue weighted by atomic mass is 9.75. The van der Waals surface area contributed by atoms with Gasteiger partial charge in [0, 0.05) is 19.6 Å². The second-order valence-electron chi connectivity index (χ2n) is 5.79. The van der Waals surface area contributed by atoms with Gasteiger partial charge >= 0.3 is 0 Å². The third-order valence-electron chi connectivity index (χ3n) is 4.51. The highest BCUT2D eigenvalue weighted by Crippen LogP contribution is 2.36. The van der Waals surface area contributed by atoms with Crippen LogP contribution >= 0.6 is 11.3 Å². The monoisotopic (exact) mass is 294 g/mol. The van der Waals surface area contributed by atoms with Crippen molar-refractivity contribution in [2.75, 3.05) is 25.0 Å². The average Bonchev–Trinajstić information content (AvgIpc) is 2.95. The van der Waals surface area contributed by atoms with Gasteiger partial charge in [0.15, 0.2) is 0 Å². The third-order valence-corrected chi connectivity index (χ3v) is 5.38. The quantitative estimate of drug-likeness (QED) is 0.931. The number of piperidine rings is 1. The Bertz CT molecular complexity index is 475. The van der Waals surface area contributed by atoms with Gasteiger partial charge in [0.2, 0.25) is 10.1 Å². The van der Waals surface area contributed by atoms with E-state index in [9.17, 15) is 4.79 Å². The summed E-state index contributed by atoms with van der Waals surface area (Å²) < 4.78 is 0. The van der Waals surface area contributed by atoms with Crippen molar-refractivity contribution in [2.24, 2.45) is 11.8 Å². The zero-order chi connectivity index (χ0) is 13.9. The molecule has 2 atom stereocenters. The number of fused-ring (bicyclic) bond motifs is 1. The first-order valence-electron chi connectivity index (χ1n) is 7.64. The van der Waals surface area contributed by atoms with E-state index in [-0.39, 0.29) is 5.91 Å². The molecule has 2 fully saturated rings. The van der Waals surface area contributed by atoms with E-state index in [0.29, 0.717) is 10.9 Å². The molecule has 0 radical (unpaired) electrons. The van der Waals surface area contributed by atoms with E-state index >= 15 is 0 Å². The maximum Gasteiger partial charge on any atom is 0.284 e. The largest absolute Gasteiger partial charge is 0.360 e. The zero-order valence-corrected chi connectivity index (χ0v) is 12.8. The van der Waals surface area contributed by atoms with Crippen LogP contribution in [0.3, 0.4) is 0 Å². The lowest BCUT2D eigenvalue weighted by molar-refractivity contribution is 0.0520. The molecule has 1 N–H and O–H groups in total. The van der Waals surface area contributed by atoms with Gasteiger partial charge in [-0.3, -0.25) is 4.79 Å². The Morgan fingerprint density at radius 3 is 2.90 bits per heavy atom. The first kappa shape index (κ1) is 13.8. The summed E-state index contributed by atoms with van der Waals surface area (Å²) in [4.78, 5) is 14.5. The van der Waals surface area contributed by atoms with Gasteiger partial charge in [-0.15, -0.1) is 10.2 Å². The van der Waals surface area contributed by atoms with Crippen LogP contribution in [-0.2, 0) is 0 Å². The topological polar surface area (TPSA) is 58.1 Å². The SMILES string of the molecule is CCNc1nnc(C(=O)N2CCC3CCCCC3C2)s1. The molecule has 1 aromatic rings. The van der Waals surface area contributed by atoms with Gasteiger partial charge in [-0.1, -0.05) is 30.6 Å². The third kappa shape index (κ3) is 2.80. The molecule has 2 heterocycles. The van der Waals surface area contributed by atoms with Crippen LogP contribution in [0.5, 0.6) is 0 Å². The first-order chi connectivity index (χ1) is 9.78. The Morgan fingerprint density at radius 2 is 2.10 bits per heavy atom. The van der Waals surface area contributed by atoms with E-state index in [1.54, 1.807) is 0 Å². The van der Waals surface area contributed by atoms with E-state index in [0.717, 1.165) is 37.1 Å². The van der Waals surface area contributed by atoms with E-state index < -0.39 is 0 Å². The number of hydrogen-bond acceptors (Lipinski definition) is 5. The number of carbonyl (C=O) groups is 1. The Kier molecular flexibility index (Phi) is 4.19. The predicted octanol–water partition coefficient (Wildman–Crippen LogP) is 2.62. The lowest BCUT2D eigenvalue weighted by Crippen LogP contribution is -2.44. The van der Waals surface area contributed by atoms with Gasteiger partial charge in [-0.25, -0.2) is 0 Å². The lowest BCUT2D eigenvalue weighted by Gasteiger charge is -2.40. The van der Waals surface area contributed by atoms with Gasteiger partial charge in [0.05, 0.1) is 0 Å². The highest BCUT2D eigenvalue weighted by Gasteiger charge is 2.34. The van der Waals surface area contributed by atoms with E-state index in [1.165, 1.54) is 37.0 Å². The van der Waals surface area contributed by atoms with Crippen molar-refractivity contribution in [1.82, 2.24) is 15.1 Å². The average molecular weight is 294 g/mol. The maximum absolute atomic E-state index is 12.5. The summed E-state index contributed by atoms with van der Waals surface area (Å²) in [7, 11) is 0. The summed E-state index contributed by atoms with van der Waals surface area (Å²) in [6.07, 6.45) is 6.50. The normalized spacial score (nSPS) is 26.1. The Morgan fingerprint density at radius 1 is 1.30 bits per heavy atom. The first-order valence-corrected chi connectivity index (χ1v) is 8.46. The number of anilines is 1. The molecular weight excluding hydrogens is 272 g/mol. The summed E-state index contributed by atoms with van der Waals surface area (Å²) >= 11 is 1.36. The van der Waals surface area contributed by atoms with Crippen LogP contribution < -0.4 is 5.32 Å². The molecule has 20 heavy (non-hydrogen) atoms. The standard InChI is InChI=1S/C14H22N4OS/c1-2-15-14-17-16-12(20-14)13(19)18-8-7-10-5-3-4-6-11(10)9-18/h10-11H,2-9H2,1H3,(H,15,17). The summed E-state index contributed by atoms with van der Waals surface area (Å²) in [6, 6.07) is 0. The van der Waals surface area contributed by atoms with Gasteiger partial charge in [0.25, 0.3) is 5.91 Å². The molecule has 6 heteroatoms. The minimum atomic E-state index is 0.0654. The second kappa shape index (κ2) is 6.08. The van der Waals surface area contributed by atoms with Crippen LogP contribution in [0.25, 0.3) is 0 Å². The van der Waals surface area contributed by atoms with Crippen LogP contribution in [0.15, 0.2) is 0 Å². The van der Waals surface area contributed by atoms with Gasteiger partial charge < -0.3 is 10.2 Å². The molecule has 1 saturated heterocycles. The molecule has 5 nitrogen and oxygen atoms in total. The van der Waals surface area contributed by atoms with E-state index in [2.05, 4.69) is 15.5 Å².